The Morgan fingerprint density at radius 1 is 1.00 bits per heavy atom. The van der Waals surface area contributed by atoms with E-state index in [2.05, 4.69) is 10.2 Å². The van der Waals surface area contributed by atoms with Crippen molar-refractivity contribution in [1.29, 1.82) is 0 Å². The average molecular weight is 770 g/mol. The molecule has 3 aromatic rings. The number of nitrogens with zero attached hydrogens (tertiary/aromatic N) is 4. The molecule has 1 aromatic heterocycles. The van der Waals surface area contributed by atoms with E-state index in [9.17, 15) is 23.4 Å². The van der Waals surface area contributed by atoms with Crippen molar-refractivity contribution in [3.63, 3.8) is 0 Å². The predicted molar refractivity (Wildman–Crippen MR) is 206 cm³/mol. The van der Waals surface area contributed by atoms with Gasteiger partial charge in [0.1, 0.15) is 0 Å². The second kappa shape index (κ2) is 16.9. The molecule has 3 N–H and O–H groups in total. The first-order chi connectivity index (χ1) is 25.6. The number of hydrogen-bond donors (Lipinski definition) is 3. The molecule has 1 amide bonds. The highest BCUT2D eigenvalue weighted by Gasteiger charge is 2.47. The van der Waals surface area contributed by atoms with E-state index in [1.165, 1.54) is 46.2 Å². The van der Waals surface area contributed by atoms with Crippen LogP contribution < -0.4 is 5.32 Å². The Morgan fingerprint density at radius 2 is 1.72 bits per heavy atom. The number of aliphatic hydroxyl groups excluding tert-OH is 1. The van der Waals surface area contributed by atoms with Crippen molar-refractivity contribution in [2.24, 2.45) is 11.8 Å². The third-order valence-electron chi connectivity index (χ3n) is 11.6. The van der Waals surface area contributed by atoms with Crippen LogP contribution >= 0.6 is 11.3 Å². The Balaban J connectivity index is 1.10. The molecule has 2 aromatic carbocycles. The van der Waals surface area contributed by atoms with E-state index in [-0.39, 0.29) is 36.2 Å². The molecule has 0 radical (unpaired) electrons. The van der Waals surface area contributed by atoms with Gasteiger partial charge in [-0.2, -0.15) is 4.31 Å². The molecule has 53 heavy (non-hydrogen) atoms. The first-order valence-electron chi connectivity index (χ1n) is 19.4. The molecule has 3 aliphatic heterocycles. The summed E-state index contributed by atoms with van der Waals surface area (Å²) in [6.45, 7) is 6.77. The van der Waals surface area contributed by atoms with Gasteiger partial charge < -0.3 is 29.9 Å². The van der Waals surface area contributed by atoms with Crippen LogP contribution in [0.2, 0.25) is 0 Å². The highest BCUT2D eigenvalue weighted by atomic mass is 32.2. The minimum absolute atomic E-state index is 0.0463. The fraction of sp³-hybridized carbons (Fsp3) is 0.641. The molecule has 12 nitrogen and oxygen atoms in total. The second-order valence-electron chi connectivity index (χ2n) is 15.7. The molecule has 0 spiro atoms. The number of ether oxygens (including phenoxy) is 2. The summed E-state index contributed by atoms with van der Waals surface area (Å²) in [7, 11) is -4.09. The van der Waals surface area contributed by atoms with Gasteiger partial charge in [0.15, 0.2) is 11.4 Å². The van der Waals surface area contributed by atoms with Crippen molar-refractivity contribution >= 4 is 42.8 Å². The van der Waals surface area contributed by atoms with E-state index in [0.717, 1.165) is 52.9 Å². The lowest BCUT2D eigenvalue weighted by molar-refractivity contribution is -0.172. The average Bonchev–Trinajstić information content (AvgIpc) is 3.93. The molecule has 4 fully saturated rings. The van der Waals surface area contributed by atoms with Crippen LogP contribution in [0.15, 0.2) is 53.4 Å². The van der Waals surface area contributed by atoms with Gasteiger partial charge >= 0.3 is 6.09 Å². The topological polar surface area (TPSA) is 145 Å². The maximum Gasteiger partial charge on any atom is 0.407 e. The second-order valence-corrected chi connectivity index (χ2v) is 18.7. The van der Waals surface area contributed by atoms with Gasteiger partial charge in [-0.3, -0.25) is 4.90 Å². The summed E-state index contributed by atoms with van der Waals surface area (Å²) < 4.78 is 42.6. The Kier molecular flexibility index (Phi) is 12.2. The van der Waals surface area contributed by atoms with Gasteiger partial charge in [-0.15, -0.1) is 0 Å². The smallest absolute Gasteiger partial charge is 0.407 e. The molecule has 5 atom stereocenters. The predicted octanol–water partition coefficient (Wildman–Crippen LogP) is 5.87. The van der Waals surface area contributed by atoms with Gasteiger partial charge in [0.05, 0.1) is 40.5 Å². The molecule has 4 aliphatic rings. The normalized spacial score (nSPS) is 24.5. The zero-order valence-electron chi connectivity index (χ0n) is 30.9. The van der Waals surface area contributed by atoms with Crippen LogP contribution in [0.4, 0.5) is 9.93 Å². The highest BCUT2D eigenvalue weighted by Crippen LogP contribution is 2.37. The van der Waals surface area contributed by atoms with E-state index >= 15 is 0 Å². The SMILES string of the molecule is CC(C)CN(C[C@@H](O)[C@H](Cc1ccccc1)N(C(=O)O)C1CCO[C@H]2OCC[C@@H]12)S(=O)(=O)c1ccc2nc(NC3CCN(C4CCCC4)CC3)sc2c1. The molecule has 0 bridgehead atoms. The zero-order valence-corrected chi connectivity index (χ0v) is 32.5. The number of piperidine rings is 1. The number of fused-ring (bicyclic) bond motifs is 2. The Labute approximate surface area is 317 Å². The van der Waals surface area contributed by atoms with E-state index in [1.807, 2.05) is 44.2 Å². The van der Waals surface area contributed by atoms with E-state index in [0.29, 0.717) is 32.1 Å². The number of anilines is 1. The number of benzene rings is 2. The lowest BCUT2D eigenvalue weighted by atomic mass is 9.88. The van der Waals surface area contributed by atoms with Crippen LogP contribution in [-0.2, 0) is 25.9 Å². The molecule has 1 saturated carbocycles. The summed E-state index contributed by atoms with van der Waals surface area (Å²) in [5.41, 5.74) is 1.59. The van der Waals surface area contributed by atoms with Crippen molar-refractivity contribution in [3.05, 3.63) is 54.1 Å². The van der Waals surface area contributed by atoms with E-state index in [1.54, 1.807) is 18.2 Å². The summed E-state index contributed by atoms with van der Waals surface area (Å²) in [6, 6.07) is 14.2. The monoisotopic (exact) mass is 769 g/mol. The molecule has 290 valence electrons. The fourth-order valence-electron chi connectivity index (χ4n) is 8.93. The summed E-state index contributed by atoms with van der Waals surface area (Å²) in [6.07, 6.45) is 5.82. The van der Waals surface area contributed by atoms with Gasteiger partial charge in [0.25, 0.3) is 0 Å². The van der Waals surface area contributed by atoms with Crippen LogP contribution in [0.3, 0.4) is 0 Å². The zero-order chi connectivity index (χ0) is 37.1. The molecule has 1 unspecified atom stereocenters. The third kappa shape index (κ3) is 8.84. The van der Waals surface area contributed by atoms with Gasteiger partial charge in [0, 0.05) is 50.2 Å². The van der Waals surface area contributed by atoms with Gasteiger partial charge in [-0.05, 0) is 74.6 Å². The number of rotatable bonds is 14. The van der Waals surface area contributed by atoms with Crippen molar-refractivity contribution in [2.45, 2.75) is 113 Å². The van der Waals surface area contributed by atoms with Crippen molar-refractivity contribution in [2.75, 3.05) is 44.7 Å². The van der Waals surface area contributed by atoms with Crippen molar-refractivity contribution < 1.29 is 32.9 Å². The van der Waals surface area contributed by atoms with Crippen LogP contribution in [0, 0.1) is 11.8 Å². The number of sulfonamides is 1. The number of likely N-dealkylation sites (tertiary alicyclic amines) is 1. The number of nitrogens with one attached hydrogen (secondary N) is 1. The molecular formula is C39H55N5O7S2. The molecule has 14 heteroatoms. The number of aromatic nitrogens is 1. The highest BCUT2D eigenvalue weighted by molar-refractivity contribution is 7.89. The number of carboxylic acid groups (broad SMARTS) is 1. The number of aliphatic hydroxyl groups is 1. The van der Waals surface area contributed by atoms with Gasteiger partial charge in [-0.25, -0.2) is 18.2 Å². The van der Waals surface area contributed by atoms with E-state index in [4.69, 9.17) is 14.5 Å². The number of carbonyl (C=O) groups is 1. The maximum absolute atomic E-state index is 14.5. The summed E-state index contributed by atoms with van der Waals surface area (Å²) in [5.74, 6) is -0.217. The largest absolute Gasteiger partial charge is 0.465 e. The molecule has 7 rings (SSSR count). The van der Waals surface area contributed by atoms with E-state index < -0.39 is 40.6 Å². The lowest BCUT2D eigenvalue weighted by Gasteiger charge is -2.44. The Hall–Kier alpha value is -2.85. The fourth-order valence-corrected chi connectivity index (χ4v) is 11.6. The molecule has 4 heterocycles. The third-order valence-corrected chi connectivity index (χ3v) is 14.4. The summed E-state index contributed by atoms with van der Waals surface area (Å²) in [4.78, 5) is 22.1. The standard InChI is InChI=1S/C39H55N5O7S2/c1-26(2)24-43(25-35(45)34(22-27-8-4-3-5-9-27)44(39(46)47)33-17-21-51-37-31(33)16-20-50-37)53(48,49)30-12-13-32-36(23-30)52-38(41-32)40-28-14-18-42(19-15-28)29-10-6-7-11-29/h3-5,8-9,12-13,23,26,28-29,31,33-35,37,45H,6-7,10-11,14-22,24-25H2,1-2H3,(H,40,41)(H,46,47)/t31-,33?,34-,35+,37+/m0/s1. The molecule has 1 aliphatic carbocycles. The quantitative estimate of drug-likeness (QED) is 0.182. The maximum atomic E-state index is 14.5. The van der Waals surface area contributed by atoms with Crippen LogP contribution in [0.5, 0.6) is 0 Å². The van der Waals surface area contributed by atoms with Crippen LogP contribution in [0.25, 0.3) is 10.2 Å². The van der Waals surface area contributed by atoms with Gasteiger partial charge in [-0.1, -0.05) is 68.4 Å². The van der Waals surface area contributed by atoms with Crippen LogP contribution in [-0.4, -0.2) is 120 Å². The Bertz CT molecular complexity index is 1780. The minimum Gasteiger partial charge on any atom is -0.465 e. The van der Waals surface area contributed by atoms with Crippen LogP contribution in [0.1, 0.15) is 70.8 Å². The summed E-state index contributed by atoms with van der Waals surface area (Å²) >= 11 is 1.46. The Morgan fingerprint density at radius 3 is 2.42 bits per heavy atom. The molecular weight excluding hydrogens is 715 g/mol. The number of hydrogen-bond acceptors (Lipinski definition) is 10. The minimum atomic E-state index is -4.09. The molecule has 3 saturated heterocycles. The van der Waals surface area contributed by atoms with Crippen molar-refractivity contribution in [1.82, 2.24) is 19.1 Å². The van der Waals surface area contributed by atoms with Crippen molar-refractivity contribution in [3.8, 4) is 0 Å². The van der Waals surface area contributed by atoms with Gasteiger partial charge in [0.2, 0.25) is 10.0 Å². The first-order valence-corrected chi connectivity index (χ1v) is 21.7. The summed E-state index contributed by atoms with van der Waals surface area (Å²) in [5, 5.41) is 27.2. The first kappa shape index (κ1) is 38.4. The number of amides is 1. The lowest BCUT2D eigenvalue weighted by Crippen LogP contribution is -2.59. The number of thiazole rings is 1.